The maximum atomic E-state index is 13.7. The summed E-state index contributed by atoms with van der Waals surface area (Å²) >= 11 is 6.95. The van der Waals surface area contributed by atoms with E-state index in [2.05, 4.69) is 15.6 Å². The van der Waals surface area contributed by atoms with Crippen molar-refractivity contribution in [2.24, 2.45) is 0 Å². The quantitative estimate of drug-likeness (QED) is 0.531. The van der Waals surface area contributed by atoms with Crippen LogP contribution < -0.4 is 10.6 Å². The lowest BCUT2D eigenvalue weighted by molar-refractivity contribution is -0.116. The molecule has 0 bridgehead atoms. The van der Waals surface area contributed by atoms with Crippen molar-refractivity contribution in [1.29, 1.82) is 0 Å². The molecule has 3 aromatic rings. The van der Waals surface area contributed by atoms with E-state index in [9.17, 15) is 9.59 Å². The predicted octanol–water partition coefficient (Wildman–Crippen LogP) is 5.14. The number of benzene rings is 1. The molecule has 7 nitrogen and oxygen atoms in total. The summed E-state index contributed by atoms with van der Waals surface area (Å²) in [6.07, 6.45) is 3.65. The highest BCUT2D eigenvalue weighted by Crippen LogP contribution is 2.46. The highest BCUT2D eigenvalue weighted by atomic mass is 35.5. The Labute approximate surface area is 208 Å². The van der Waals surface area contributed by atoms with Crippen molar-refractivity contribution in [2.75, 3.05) is 5.32 Å². The number of allylic oxidation sites excluding steroid dienone is 3. The van der Waals surface area contributed by atoms with Crippen molar-refractivity contribution in [3.05, 3.63) is 93.2 Å². The van der Waals surface area contributed by atoms with Crippen LogP contribution in [-0.2, 0) is 9.59 Å². The number of Topliss-reactive ketones (excluding diaryl/α,β-unsaturated/α-hetero) is 1. The minimum Gasteiger partial charge on any atom is -0.362 e. The number of carbonyl (C=O) groups excluding carboxylic acids is 2. The number of aromatic nitrogens is 3. The van der Waals surface area contributed by atoms with Crippen LogP contribution in [0.25, 0.3) is 5.69 Å². The minimum atomic E-state index is -0.630. The normalized spacial score (nSPS) is 17.8. The second-order valence-electron chi connectivity index (χ2n) is 8.98. The Hall–Kier alpha value is -3.71. The number of dihydropyridines is 1. The molecule has 0 spiro atoms. The van der Waals surface area contributed by atoms with Gasteiger partial charge in [-0.3, -0.25) is 9.59 Å². The van der Waals surface area contributed by atoms with Crippen molar-refractivity contribution < 1.29 is 9.59 Å². The molecule has 2 N–H and O–H groups in total. The second kappa shape index (κ2) is 9.15. The molecule has 2 aromatic heterocycles. The van der Waals surface area contributed by atoms with E-state index in [1.807, 2.05) is 57.2 Å². The fourth-order valence-electron chi connectivity index (χ4n) is 4.88. The van der Waals surface area contributed by atoms with Gasteiger partial charge < -0.3 is 10.6 Å². The number of ketones is 1. The SMILES string of the molecule is CC1=C(C(=O)Nc2ccc(C)cn2)C(c2c(C)nn(-c3ccccc3)c2Cl)C2=C(CCCC2=O)N1. The molecule has 1 unspecified atom stereocenters. The monoisotopic (exact) mass is 487 g/mol. The molecule has 2 aliphatic rings. The number of rotatable bonds is 4. The molecule has 1 aliphatic heterocycles. The van der Waals surface area contributed by atoms with E-state index in [0.717, 1.165) is 29.8 Å². The van der Waals surface area contributed by atoms with Gasteiger partial charge >= 0.3 is 0 Å². The summed E-state index contributed by atoms with van der Waals surface area (Å²) in [6, 6.07) is 13.2. The number of carbonyl (C=O) groups is 2. The Kier molecular flexibility index (Phi) is 6.03. The molecule has 1 atom stereocenters. The van der Waals surface area contributed by atoms with Gasteiger partial charge in [-0.2, -0.15) is 5.10 Å². The first-order valence-electron chi connectivity index (χ1n) is 11.6. The van der Waals surface area contributed by atoms with Crippen molar-refractivity contribution in [1.82, 2.24) is 20.1 Å². The Morgan fingerprint density at radius 3 is 2.60 bits per heavy atom. The van der Waals surface area contributed by atoms with E-state index >= 15 is 0 Å². The number of amides is 1. The van der Waals surface area contributed by atoms with E-state index < -0.39 is 5.92 Å². The summed E-state index contributed by atoms with van der Waals surface area (Å²) in [6.45, 7) is 5.66. The van der Waals surface area contributed by atoms with Crippen LogP contribution in [0.2, 0.25) is 5.15 Å². The van der Waals surface area contributed by atoms with Gasteiger partial charge in [-0.25, -0.2) is 9.67 Å². The third-order valence-electron chi connectivity index (χ3n) is 6.51. The first kappa shape index (κ1) is 23.1. The molecule has 1 aromatic carbocycles. The van der Waals surface area contributed by atoms with E-state index in [0.29, 0.717) is 45.5 Å². The third-order valence-corrected chi connectivity index (χ3v) is 6.87. The smallest absolute Gasteiger partial charge is 0.255 e. The average molecular weight is 488 g/mol. The minimum absolute atomic E-state index is 0.0259. The van der Waals surface area contributed by atoms with E-state index in [1.54, 1.807) is 16.9 Å². The summed E-state index contributed by atoms with van der Waals surface area (Å²) in [7, 11) is 0. The number of anilines is 1. The molecule has 8 heteroatoms. The molecule has 5 rings (SSSR count). The number of nitrogens with one attached hydrogen (secondary N) is 2. The number of halogens is 1. The molecular formula is C27H26ClN5O2. The summed E-state index contributed by atoms with van der Waals surface area (Å²) in [4.78, 5) is 31.2. The van der Waals surface area contributed by atoms with Gasteiger partial charge in [-0.15, -0.1) is 0 Å². The maximum Gasteiger partial charge on any atom is 0.255 e. The van der Waals surface area contributed by atoms with Crippen molar-refractivity contribution in [3.63, 3.8) is 0 Å². The third kappa shape index (κ3) is 4.17. The first-order chi connectivity index (χ1) is 16.8. The van der Waals surface area contributed by atoms with Crippen LogP contribution in [0.4, 0.5) is 5.82 Å². The zero-order valence-electron chi connectivity index (χ0n) is 19.9. The van der Waals surface area contributed by atoms with Gasteiger partial charge in [0.1, 0.15) is 11.0 Å². The highest BCUT2D eigenvalue weighted by Gasteiger charge is 2.41. The molecule has 0 fully saturated rings. The molecule has 3 heterocycles. The van der Waals surface area contributed by atoms with E-state index in [1.165, 1.54) is 0 Å². The number of hydrogen-bond donors (Lipinski definition) is 2. The number of nitrogens with zero attached hydrogens (tertiary/aromatic N) is 3. The van der Waals surface area contributed by atoms with Crippen LogP contribution in [0.15, 0.2) is 71.2 Å². The van der Waals surface area contributed by atoms with Crippen LogP contribution >= 0.6 is 11.6 Å². The Morgan fingerprint density at radius 1 is 1.11 bits per heavy atom. The summed E-state index contributed by atoms with van der Waals surface area (Å²) < 4.78 is 1.66. The summed E-state index contributed by atoms with van der Waals surface area (Å²) in [5.41, 5.74) is 5.73. The lowest BCUT2D eigenvalue weighted by atomic mass is 9.75. The van der Waals surface area contributed by atoms with Crippen molar-refractivity contribution >= 4 is 29.1 Å². The van der Waals surface area contributed by atoms with Crippen LogP contribution in [-0.4, -0.2) is 26.5 Å². The molecular weight excluding hydrogens is 462 g/mol. The zero-order valence-corrected chi connectivity index (χ0v) is 20.6. The zero-order chi connectivity index (χ0) is 24.7. The van der Waals surface area contributed by atoms with Gasteiger partial charge in [0.15, 0.2) is 5.78 Å². The Morgan fingerprint density at radius 2 is 1.89 bits per heavy atom. The van der Waals surface area contributed by atoms with Crippen LogP contribution in [0.3, 0.4) is 0 Å². The van der Waals surface area contributed by atoms with Crippen molar-refractivity contribution in [3.8, 4) is 5.69 Å². The first-order valence-corrected chi connectivity index (χ1v) is 12.0. The number of pyridine rings is 1. The van der Waals surface area contributed by atoms with Gasteiger partial charge in [-0.05, 0) is 57.4 Å². The van der Waals surface area contributed by atoms with Crippen LogP contribution in [0.1, 0.15) is 48.9 Å². The lowest BCUT2D eigenvalue weighted by Gasteiger charge is -2.34. The van der Waals surface area contributed by atoms with Gasteiger partial charge in [0, 0.05) is 40.7 Å². The topological polar surface area (TPSA) is 88.9 Å². The molecule has 35 heavy (non-hydrogen) atoms. The number of aryl methyl sites for hydroxylation is 2. The Balaban J connectivity index is 1.65. The van der Waals surface area contributed by atoms with Gasteiger partial charge in [0.25, 0.3) is 5.91 Å². The largest absolute Gasteiger partial charge is 0.362 e. The van der Waals surface area contributed by atoms with E-state index in [-0.39, 0.29) is 11.7 Å². The maximum absolute atomic E-state index is 13.7. The lowest BCUT2D eigenvalue weighted by Crippen LogP contribution is -2.35. The predicted molar refractivity (Wildman–Crippen MR) is 135 cm³/mol. The fourth-order valence-corrected chi connectivity index (χ4v) is 5.26. The van der Waals surface area contributed by atoms with E-state index in [4.69, 9.17) is 16.7 Å². The molecule has 0 saturated carbocycles. The molecule has 0 radical (unpaired) electrons. The van der Waals surface area contributed by atoms with Crippen molar-refractivity contribution in [2.45, 2.75) is 46.0 Å². The van der Waals surface area contributed by atoms with Gasteiger partial charge in [0.05, 0.1) is 17.3 Å². The fraction of sp³-hybridized carbons (Fsp3) is 0.259. The average Bonchev–Trinajstić information content (AvgIpc) is 3.13. The molecule has 178 valence electrons. The van der Waals surface area contributed by atoms with Gasteiger partial charge in [0.2, 0.25) is 0 Å². The second-order valence-corrected chi connectivity index (χ2v) is 9.34. The Bertz CT molecular complexity index is 1390. The summed E-state index contributed by atoms with van der Waals surface area (Å²) in [5.74, 6) is -0.492. The van der Waals surface area contributed by atoms with Crippen LogP contribution in [0.5, 0.6) is 0 Å². The molecule has 0 saturated heterocycles. The summed E-state index contributed by atoms with van der Waals surface area (Å²) in [5, 5.41) is 11.3. The van der Waals surface area contributed by atoms with Crippen LogP contribution in [0, 0.1) is 13.8 Å². The number of hydrogen-bond acceptors (Lipinski definition) is 5. The number of para-hydroxylation sites is 1. The standard InChI is InChI=1S/C27H26ClN5O2/c1-15-12-13-21(29-14-15)31-27(35)23-16(2)30-19-10-7-11-20(34)24(19)25(23)22-17(3)32-33(26(22)28)18-8-5-4-6-9-18/h4-6,8-9,12-14,25,30H,7,10-11H2,1-3H3,(H,29,31,35). The highest BCUT2D eigenvalue weighted by molar-refractivity contribution is 6.31. The molecule has 1 amide bonds. The van der Waals surface area contributed by atoms with Gasteiger partial charge in [-0.1, -0.05) is 35.9 Å². The molecule has 1 aliphatic carbocycles.